The smallest absolute Gasteiger partial charge is 0.255 e. The van der Waals surface area contributed by atoms with E-state index in [4.69, 9.17) is 0 Å². The summed E-state index contributed by atoms with van der Waals surface area (Å²) in [7, 11) is 0. The number of anilines is 1. The third-order valence-corrected chi connectivity index (χ3v) is 6.07. The summed E-state index contributed by atoms with van der Waals surface area (Å²) in [6, 6.07) is 19.7. The molecule has 6 nitrogen and oxygen atoms in total. The van der Waals surface area contributed by atoms with E-state index in [-0.39, 0.29) is 24.9 Å². The minimum Gasteiger partial charge on any atom is -0.379 e. The average Bonchev–Trinajstić information content (AvgIpc) is 2.76. The van der Waals surface area contributed by atoms with E-state index in [2.05, 4.69) is 12.1 Å². The molecule has 2 aliphatic heterocycles. The van der Waals surface area contributed by atoms with Crippen molar-refractivity contribution in [2.45, 2.75) is 24.9 Å². The number of piperazine rings is 1. The molecular formula is C24H29N3O3. The van der Waals surface area contributed by atoms with Crippen LogP contribution in [0.3, 0.4) is 0 Å². The first-order chi connectivity index (χ1) is 14.5. The Balaban J connectivity index is 1.35. The van der Waals surface area contributed by atoms with Gasteiger partial charge in [0.2, 0.25) is 5.91 Å². The second kappa shape index (κ2) is 8.98. The van der Waals surface area contributed by atoms with Crippen molar-refractivity contribution < 1.29 is 14.7 Å². The number of para-hydroxylation sites is 1. The first-order valence-corrected chi connectivity index (χ1v) is 10.7. The molecule has 2 heterocycles. The molecular weight excluding hydrogens is 378 g/mol. The third kappa shape index (κ3) is 4.55. The van der Waals surface area contributed by atoms with Crippen molar-refractivity contribution in [1.82, 2.24) is 9.80 Å². The van der Waals surface area contributed by atoms with Crippen LogP contribution < -0.4 is 4.90 Å². The van der Waals surface area contributed by atoms with Crippen LogP contribution in [0.25, 0.3) is 0 Å². The first kappa shape index (κ1) is 20.6. The Morgan fingerprint density at radius 3 is 2.30 bits per heavy atom. The summed E-state index contributed by atoms with van der Waals surface area (Å²) < 4.78 is 0. The fourth-order valence-electron chi connectivity index (χ4n) is 4.44. The highest BCUT2D eigenvalue weighted by atomic mass is 16.3. The number of amides is 2. The number of rotatable bonds is 6. The molecule has 6 heteroatoms. The number of hydrogen-bond donors (Lipinski definition) is 1. The largest absolute Gasteiger partial charge is 0.379 e. The molecule has 2 aliphatic rings. The fraction of sp³-hybridized carbons (Fsp3) is 0.417. The standard InChI is InChI=1S/C24H29N3O3/c28-22-18-25(16-17-27(22)21-10-5-2-6-11-21)19-24(30)13-7-14-26(23(24)29)15-12-20-8-3-1-4-9-20/h1-6,8-11,30H,7,12-19H2. The van der Waals surface area contributed by atoms with Crippen LogP contribution in [0.5, 0.6) is 0 Å². The lowest BCUT2D eigenvalue weighted by Gasteiger charge is -2.42. The maximum Gasteiger partial charge on any atom is 0.255 e. The Morgan fingerprint density at radius 1 is 0.900 bits per heavy atom. The summed E-state index contributed by atoms with van der Waals surface area (Å²) in [6.45, 7) is 2.90. The summed E-state index contributed by atoms with van der Waals surface area (Å²) >= 11 is 0. The van der Waals surface area contributed by atoms with E-state index in [0.29, 0.717) is 32.6 Å². The molecule has 2 aromatic rings. The lowest BCUT2D eigenvalue weighted by molar-refractivity contribution is -0.160. The van der Waals surface area contributed by atoms with Gasteiger partial charge < -0.3 is 14.9 Å². The predicted octanol–water partition coefficient (Wildman–Crippen LogP) is 1.93. The van der Waals surface area contributed by atoms with Crippen molar-refractivity contribution in [2.75, 3.05) is 44.2 Å². The predicted molar refractivity (Wildman–Crippen MR) is 116 cm³/mol. The molecule has 0 aliphatic carbocycles. The quantitative estimate of drug-likeness (QED) is 0.795. The normalized spacial score (nSPS) is 23.1. The van der Waals surface area contributed by atoms with Crippen LogP contribution in [0.15, 0.2) is 60.7 Å². The van der Waals surface area contributed by atoms with Gasteiger partial charge in [0, 0.05) is 38.4 Å². The van der Waals surface area contributed by atoms with Crippen LogP contribution in [-0.2, 0) is 16.0 Å². The molecule has 4 rings (SSSR count). The van der Waals surface area contributed by atoms with Crippen LogP contribution in [0.2, 0.25) is 0 Å². The summed E-state index contributed by atoms with van der Waals surface area (Å²) in [6.07, 6.45) is 1.99. The molecule has 1 unspecified atom stereocenters. The van der Waals surface area contributed by atoms with Crippen molar-refractivity contribution in [2.24, 2.45) is 0 Å². The summed E-state index contributed by atoms with van der Waals surface area (Å²) in [4.78, 5) is 31.2. The molecule has 2 amide bonds. The SMILES string of the molecule is O=C1CN(CC2(O)CCCN(CCc3ccccc3)C2=O)CCN1c1ccccc1. The fourth-order valence-corrected chi connectivity index (χ4v) is 4.44. The van der Waals surface area contributed by atoms with Gasteiger partial charge in [0.25, 0.3) is 5.91 Å². The molecule has 0 radical (unpaired) electrons. The monoisotopic (exact) mass is 407 g/mol. The Hall–Kier alpha value is -2.70. The van der Waals surface area contributed by atoms with Gasteiger partial charge in [-0.15, -0.1) is 0 Å². The Kier molecular flexibility index (Phi) is 6.16. The Bertz CT molecular complexity index is 874. The number of β-amino-alcohol motifs (C(OH)–C–C–N with tert-alkyl or cyclic N) is 1. The van der Waals surface area contributed by atoms with Gasteiger partial charge in [-0.2, -0.15) is 0 Å². The summed E-state index contributed by atoms with van der Waals surface area (Å²) in [5, 5.41) is 11.2. The lowest BCUT2D eigenvalue weighted by atomic mass is 9.90. The van der Waals surface area contributed by atoms with Gasteiger partial charge in [0.05, 0.1) is 6.54 Å². The van der Waals surface area contributed by atoms with Gasteiger partial charge in [0.15, 0.2) is 5.60 Å². The molecule has 158 valence electrons. The topological polar surface area (TPSA) is 64.1 Å². The number of likely N-dealkylation sites (tertiary alicyclic amines) is 1. The zero-order valence-electron chi connectivity index (χ0n) is 17.2. The van der Waals surface area contributed by atoms with Gasteiger partial charge >= 0.3 is 0 Å². The second-order valence-electron chi connectivity index (χ2n) is 8.25. The highest BCUT2D eigenvalue weighted by Crippen LogP contribution is 2.26. The van der Waals surface area contributed by atoms with E-state index in [0.717, 1.165) is 18.5 Å². The van der Waals surface area contributed by atoms with Gasteiger partial charge in [-0.05, 0) is 37.0 Å². The first-order valence-electron chi connectivity index (χ1n) is 10.7. The molecule has 30 heavy (non-hydrogen) atoms. The van der Waals surface area contributed by atoms with Gasteiger partial charge in [0.1, 0.15) is 0 Å². The minimum atomic E-state index is -1.41. The molecule has 0 saturated carbocycles. The Labute approximate surface area is 177 Å². The number of hydrogen-bond acceptors (Lipinski definition) is 4. The second-order valence-corrected chi connectivity index (χ2v) is 8.25. The maximum atomic E-state index is 13.1. The minimum absolute atomic E-state index is 0.000224. The molecule has 0 aromatic heterocycles. The van der Waals surface area contributed by atoms with Crippen LogP contribution in [0.4, 0.5) is 5.69 Å². The molecule has 2 aromatic carbocycles. The third-order valence-electron chi connectivity index (χ3n) is 6.07. The molecule has 0 spiro atoms. The van der Waals surface area contributed by atoms with Crippen molar-refractivity contribution >= 4 is 17.5 Å². The highest BCUT2D eigenvalue weighted by Gasteiger charge is 2.44. The molecule has 2 saturated heterocycles. The van der Waals surface area contributed by atoms with Crippen LogP contribution >= 0.6 is 0 Å². The van der Waals surface area contributed by atoms with Crippen LogP contribution in [0.1, 0.15) is 18.4 Å². The number of benzene rings is 2. The van der Waals surface area contributed by atoms with Crippen LogP contribution in [-0.4, -0.2) is 71.6 Å². The maximum absolute atomic E-state index is 13.1. The van der Waals surface area contributed by atoms with Gasteiger partial charge in [-0.1, -0.05) is 48.5 Å². The molecule has 1 N–H and O–H groups in total. The van der Waals surface area contributed by atoms with E-state index in [1.165, 1.54) is 5.56 Å². The zero-order chi connectivity index (χ0) is 21.0. The molecule has 1 atom stereocenters. The lowest BCUT2D eigenvalue weighted by Crippen LogP contribution is -2.61. The number of carbonyl (C=O) groups is 2. The van der Waals surface area contributed by atoms with Gasteiger partial charge in [-0.25, -0.2) is 0 Å². The average molecular weight is 408 g/mol. The number of nitrogens with zero attached hydrogens (tertiary/aromatic N) is 3. The van der Waals surface area contributed by atoms with E-state index in [9.17, 15) is 14.7 Å². The van der Waals surface area contributed by atoms with Gasteiger partial charge in [-0.3, -0.25) is 14.5 Å². The summed E-state index contributed by atoms with van der Waals surface area (Å²) in [5.74, 6) is -0.206. The van der Waals surface area contributed by atoms with E-state index in [1.807, 2.05) is 53.4 Å². The van der Waals surface area contributed by atoms with Crippen molar-refractivity contribution in [3.8, 4) is 0 Å². The van der Waals surface area contributed by atoms with Crippen molar-refractivity contribution in [1.29, 1.82) is 0 Å². The van der Waals surface area contributed by atoms with E-state index < -0.39 is 5.60 Å². The zero-order valence-corrected chi connectivity index (χ0v) is 17.2. The molecule has 2 fully saturated rings. The van der Waals surface area contributed by atoms with Crippen molar-refractivity contribution in [3.63, 3.8) is 0 Å². The number of carbonyl (C=O) groups excluding carboxylic acids is 2. The summed E-state index contributed by atoms with van der Waals surface area (Å²) in [5.41, 5.74) is 0.660. The van der Waals surface area contributed by atoms with E-state index in [1.54, 1.807) is 9.80 Å². The van der Waals surface area contributed by atoms with Crippen molar-refractivity contribution in [3.05, 3.63) is 66.2 Å². The number of aliphatic hydroxyl groups is 1. The molecule has 0 bridgehead atoms. The van der Waals surface area contributed by atoms with Crippen LogP contribution in [0, 0.1) is 0 Å². The Morgan fingerprint density at radius 2 is 1.60 bits per heavy atom. The van der Waals surface area contributed by atoms with E-state index >= 15 is 0 Å². The highest BCUT2D eigenvalue weighted by molar-refractivity contribution is 5.95. The number of piperidine rings is 1.